The summed E-state index contributed by atoms with van der Waals surface area (Å²) in [6.45, 7) is 5.31. The average molecular weight is 399 g/mol. The van der Waals surface area contributed by atoms with Gasteiger partial charge in [0.2, 0.25) is 5.91 Å². The summed E-state index contributed by atoms with van der Waals surface area (Å²) in [5.41, 5.74) is 1.21. The fourth-order valence-corrected chi connectivity index (χ4v) is 5.14. The smallest absolute Gasteiger partial charge is 0.258 e. The van der Waals surface area contributed by atoms with Gasteiger partial charge in [0.1, 0.15) is 5.82 Å². The number of carbonyl (C=O) groups is 1. The molecule has 7 heteroatoms. The van der Waals surface area contributed by atoms with E-state index in [9.17, 15) is 19.1 Å². The van der Waals surface area contributed by atoms with Gasteiger partial charge in [0.15, 0.2) is 0 Å². The first-order valence-corrected chi connectivity index (χ1v) is 10.2. The summed E-state index contributed by atoms with van der Waals surface area (Å²) in [5.74, 6) is -0.818. The molecule has 0 spiro atoms. The number of rotatable bonds is 5. The van der Waals surface area contributed by atoms with Crippen molar-refractivity contribution in [1.82, 2.24) is 14.8 Å². The largest absolute Gasteiger partial charge is 0.396 e. The number of aliphatic hydroxyl groups is 1. The number of likely N-dealkylation sites (tertiary alicyclic amines) is 1. The Bertz CT molecular complexity index is 990. The van der Waals surface area contributed by atoms with Gasteiger partial charge in [-0.25, -0.2) is 4.39 Å². The van der Waals surface area contributed by atoms with Crippen LogP contribution in [-0.2, 0) is 11.3 Å². The number of hydrogen-bond donors (Lipinski definition) is 2. The first-order valence-electron chi connectivity index (χ1n) is 10.2. The molecule has 0 saturated carbocycles. The number of aromatic nitrogens is 1. The topological polar surface area (TPSA) is 74.6 Å². The number of benzene rings is 1. The second-order valence-corrected chi connectivity index (χ2v) is 7.69. The lowest BCUT2D eigenvalue weighted by molar-refractivity contribution is -0.127. The van der Waals surface area contributed by atoms with E-state index in [-0.39, 0.29) is 41.5 Å². The van der Waals surface area contributed by atoms with Crippen LogP contribution in [0, 0.1) is 17.7 Å². The molecule has 2 aliphatic heterocycles. The molecule has 2 aromatic rings. The van der Waals surface area contributed by atoms with Crippen LogP contribution in [-0.4, -0.2) is 46.2 Å². The maximum absolute atomic E-state index is 14.2. The molecule has 1 fully saturated rings. The second-order valence-electron chi connectivity index (χ2n) is 7.69. The number of hydrogen-bond acceptors (Lipinski definition) is 4. The number of amides is 1. The standard InChI is InChI=1S/C22H26FN3O3/c1-3-24-21(28)20-16(12-27)15-11-26-18(19(15)25(20)4-2)10-9-14(22(26)29)13-7-5-6-8-17(13)23/h5-10,15-16,19-20,27H,3-4,11-12H2,1-2H3,(H,24,28)/t15-,16-,19+,20-/m0/s1. The molecule has 29 heavy (non-hydrogen) atoms. The van der Waals surface area contributed by atoms with Gasteiger partial charge in [-0.2, -0.15) is 0 Å². The molecule has 0 bridgehead atoms. The van der Waals surface area contributed by atoms with Gasteiger partial charge in [0, 0.05) is 42.8 Å². The van der Waals surface area contributed by atoms with Crippen LogP contribution in [0.4, 0.5) is 4.39 Å². The van der Waals surface area contributed by atoms with Crippen molar-refractivity contribution >= 4 is 5.91 Å². The zero-order valence-electron chi connectivity index (χ0n) is 16.6. The Balaban J connectivity index is 1.78. The Morgan fingerprint density at radius 2 is 1.97 bits per heavy atom. The summed E-state index contributed by atoms with van der Waals surface area (Å²) in [7, 11) is 0. The van der Waals surface area contributed by atoms with Gasteiger partial charge in [-0.3, -0.25) is 14.5 Å². The summed E-state index contributed by atoms with van der Waals surface area (Å²) in [4.78, 5) is 28.0. The Morgan fingerprint density at radius 3 is 2.62 bits per heavy atom. The number of nitrogens with one attached hydrogen (secondary N) is 1. The minimum absolute atomic E-state index is 0.0453. The minimum Gasteiger partial charge on any atom is -0.396 e. The van der Waals surface area contributed by atoms with Crippen molar-refractivity contribution in [2.75, 3.05) is 19.7 Å². The van der Waals surface area contributed by atoms with E-state index in [1.165, 1.54) is 6.07 Å². The molecule has 0 unspecified atom stereocenters. The van der Waals surface area contributed by atoms with Gasteiger partial charge in [0.05, 0.1) is 17.6 Å². The maximum atomic E-state index is 14.2. The number of pyridine rings is 1. The molecule has 4 atom stereocenters. The van der Waals surface area contributed by atoms with Crippen LogP contribution >= 0.6 is 0 Å². The first kappa shape index (κ1) is 19.8. The SMILES string of the molecule is CCNC(=O)[C@@H]1[C@@H](CO)[C@@H]2Cn3c(ccc(-c4ccccc4F)c3=O)[C@@H]2N1CC. The third-order valence-corrected chi connectivity index (χ3v) is 6.34. The van der Waals surface area contributed by atoms with E-state index in [1.807, 2.05) is 19.9 Å². The number of nitrogens with zero attached hydrogens (tertiary/aromatic N) is 2. The van der Waals surface area contributed by atoms with Crippen LogP contribution in [0.1, 0.15) is 25.6 Å². The highest BCUT2D eigenvalue weighted by molar-refractivity contribution is 5.82. The fourth-order valence-electron chi connectivity index (χ4n) is 5.14. The Labute approximate surface area is 169 Å². The minimum atomic E-state index is -0.428. The molecule has 1 aromatic heterocycles. The Kier molecular flexibility index (Phi) is 5.27. The third-order valence-electron chi connectivity index (χ3n) is 6.34. The van der Waals surface area contributed by atoms with Crippen molar-refractivity contribution in [2.24, 2.45) is 11.8 Å². The molecule has 0 radical (unpaired) electrons. The van der Waals surface area contributed by atoms with E-state index in [4.69, 9.17) is 0 Å². The molecule has 1 saturated heterocycles. The molecule has 154 valence electrons. The number of halogens is 1. The lowest BCUT2D eigenvalue weighted by Crippen LogP contribution is -2.48. The monoisotopic (exact) mass is 399 g/mol. The molecule has 1 amide bonds. The number of fused-ring (bicyclic) bond motifs is 3. The van der Waals surface area contributed by atoms with Crippen molar-refractivity contribution in [1.29, 1.82) is 0 Å². The molecule has 2 N–H and O–H groups in total. The maximum Gasteiger partial charge on any atom is 0.258 e. The molecule has 2 aliphatic rings. The summed E-state index contributed by atoms with van der Waals surface area (Å²) in [6, 6.07) is 9.26. The van der Waals surface area contributed by atoms with Crippen LogP contribution in [0.5, 0.6) is 0 Å². The van der Waals surface area contributed by atoms with Gasteiger partial charge in [0.25, 0.3) is 5.56 Å². The molecule has 0 aliphatic carbocycles. The van der Waals surface area contributed by atoms with Gasteiger partial charge >= 0.3 is 0 Å². The number of aliphatic hydroxyl groups excluding tert-OH is 1. The van der Waals surface area contributed by atoms with Crippen molar-refractivity contribution < 1.29 is 14.3 Å². The van der Waals surface area contributed by atoms with Crippen molar-refractivity contribution in [2.45, 2.75) is 32.5 Å². The van der Waals surface area contributed by atoms with Gasteiger partial charge in [-0.1, -0.05) is 25.1 Å². The highest BCUT2D eigenvalue weighted by Crippen LogP contribution is 2.49. The van der Waals surface area contributed by atoms with E-state index in [0.717, 1.165) is 5.69 Å². The quantitative estimate of drug-likeness (QED) is 0.804. The van der Waals surface area contributed by atoms with E-state index in [2.05, 4.69) is 10.2 Å². The molecule has 6 nitrogen and oxygen atoms in total. The Hall–Kier alpha value is -2.51. The highest BCUT2D eigenvalue weighted by atomic mass is 19.1. The molecule has 3 heterocycles. The predicted molar refractivity (Wildman–Crippen MR) is 108 cm³/mol. The van der Waals surface area contributed by atoms with E-state index < -0.39 is 11.9 Å². The molecular weight excluding hydrogens is 373 g/mol. The normalized spacial score (nSPS) is 25.7. The summed E-state index contributed by atoms with van der Waals surface area (Å²) in [6.07, 6.45) is 0. The lowest BCUT2D eigenvalue weighted by Gasteiger charge is -2.29. The zero-order chi connectivity index (χ0) is 20.7. The fraction of sp³-hybridized carbons (Fsp3) is 0.455. The summed E-state index contributed by atoms with van der Waals surface area (Å²) < 4.78 is 15.9. The third kappa shape index (κ3) is 3.00. The van der Waals surface area contributed by atoms with E-state index >= 15 is 0 Å². The molecule has 1 aromatic carbocycles. The highest BCUT2D eigenvalue weighted by Gasteiger charge is 2.54. The zero-order valence-corrected chi connectivity index (χ0v) is 16.6. The van der Waals surface area contributed by atoms with Crippen LogP contribution < -0.4 is 10.9 Å². The summed E-state index contributed by atoms with van der Waals surface area (Å²) >= 11 is 0. The molecule has 4 rings (SSSR count). The van der Waals surface area contributed by atoms with Crippen LogP contribution in [0.25, 0.3) is 11.1 Å². The lowest BCUT2D eigenvalue weighted by atomic mass is 9.88. The predicted octanol–water partition coefficient (Wildman–Crippen LogP) is 1.77. The van der Waals surface area contributed by atoms with E-state index in [1.54, 1.807) is 28.8 Å². The van der Waals surface area contributed by atoms with Crippen molar-refractivity contribution in [3.8, 4) is 11.1 Å². The van der Waals surface area contributed by atoms with Crippen LogP contribution in [0.2, 0.25) is 0 Å². The van der Waals surface area contributed by atoms with Crippen molar-refractivity contribution in [3.63, 3.8) is 0 Å². The van der Waals surface area contributed by atoms with Gasteiger partial charge < -0.3 is 15.0 Å². The van der Waals surface area contributed by atoms with Gasteiger partial charge in [-0.05, 0) is 31.7 Å². The van der Waals surface area contributed by atoms with Crippen molar-refractivity contribution in [3.05, 3.63) is 58.3 Å². The second kappa shape index (κ2) is 7.72. The van der Waals surface area contributed by atoms with Crippen LogP contribution in [0.15, 0.2) is 41.2 Å². The van der Waals surface area contributed by atoms with E-state index in [0.29, 0.717) is 25.2 Å². The summed E-state index contributed by atoms with van der Waals surface area (Å²) in [5, 5.41) is 13.0. The van der Waals surface area contributed by atoms with Crippen LogP contribution in [0.3, 0.4) is 0 Å². The molecular formula is C22H26FN3O3. The number of likely N-dealkylation sites (N-methyl/N-ethyl adjacent to an activating group) is 2. The van der Waals surface area contributed by atoms with Gasteiger partial charge in [-0.15, -0.1) is 0 Å². The average Bonchev–Trinajstić information content (AvgIpc) is 3.24. The first-order chi connectivity index (χ1) is 14.0. The Morgan fingerprint density at radius 1 is 1.21 bits per heavy atom. The number of carbonyl (C=O) groups excluding carboxylic acids is 1.